The van der Waals surface area contributed by atoms with Crippen molar-refractivity contribution in [3.63, 3.8) is 0 Å². The van der Waals surface area contributed by atoms with E-state index < -0.39 is 0 Å². The maximum Gasteiger partial charge on any atom is 0.0443 e. The minimum absolute atomic E-state index is 0.0594. The van der Waals surface area contributed by atoms with Gasteiger partial charge in [0, 0.05) is 25.2 Å². The third kappa shape index (κ3) is 3.52. The van der Waals surface area contributed by atoms with Crippen molar-refractivity contribution in [3.05, 3.63) is 0 Å². The van der Waals surface area contributed by atoms with Crippen LogP contribution in [0.5, 0.6) is 0 Å². The van der Waals surface area contributed by atoms with E-state index in [1.165, 1.54) is 0 Å². The smallest absolute Gasteiger partial charge is 0.0443 e. The highest BCUT2D eigenvalue weighted by Crippen LogP contribution is 2.12. The molecule has 0 aromatic rings. The minimum Gasteiger partial charge on any atom is -0.396 e. The van der Waals surface area contributed by atoms with Gasteiger partial charge in [0.05, 0.1) is 0 Å². The van der Waals surface area contributed by atoms with Crippen molar-refractivity contribution < 1.29 is 5.11 Å². The Balaban J connectivity index is 3.95. The molecular formula is C9H22N2O. The lowest BCUT2D eigenvalue weighted by molar-refractivity contribution is 0.122. The van der Waals surface area contributed by atoms with Gasteiger partial charge in [0.2, 0.25) is 0 Å². The van der Waals surface area contributed by atoms with Gasteiger partial charge in [-0.2, -0.15) is 0 Å². The normalized spacial score (nSPS) is 12.5. The van der Waals surface area contributed by atoms with Crippen LogP contribution in [0.25, 0.3) is 0 Å². The second kappa shape index (κ2) is 5.51. The van der Waals surface area contributed by atoms with Crippen molar-refractivity contribution in [2.45, 2.75) is 32.7 Å². The maximum atomic E-state index is 8.69. The van der Waals surface area contributed by atoms with Gasteiger partial charge in [-0.25, -0.2) is 0 Å². The van der Waals surface area contributed by atoms with Crippen LogP contribution in [0.4, 0.5) is 0 Å². The minimum atomic E-state index is 0.0594. The average Bonchev–Trinajstić information content (AvgIpc) is 2.05. The summed E-state index contributed by atoms with van der Waals surface area (Å²) >= 11 is 0. The van der Waals surface area contributed by atoms with E-state index in [-0.39, 0.29) is 12.1 Å². The first-order valence-corrected chi connectivity index (χ1v) is 4.64. The third-order valence-electron chi connectivity index (χ3n) is 2.32. The van der Waals surface area contributed by atoms with Gasteiger partial charge in [0.15, 0.2) is 0 Å². The van der Waals surface area contributed by atoms with Crippen LogP contribution in [0, 0.1) is 0 Å². The van der Waals surface area contributed by atoms with Crippen molar-refractivity contribution in [1.82, 2.24) is 4.90 Å². The van der Waals surface area contributed by atoms with Crippen molar-refractivity contribution in [1.29, 1.82) is 0 Å². The Morgan fingerprint density at radius 3 is 2.33 bits per heavy atom. The van der Waals surface area contributed by atoms with Gasteiger partial charge < -0.3 is 10.8 Å². The predicted octanol–water partition coefficient (Wildman–Crippen LogP) is 0.428. The molecule has 0 fully saturated rings. The first kappa shape index (κ1) is 11.9. The molecule has 0 bridgehead atoms. The summed E-state index contributed by atoms with van der Waals surface area (Å²) in [4.78, 5) is 2.29. The molecule has 0 amide bonds. The topological polar surface area (TPSA) is 49.5 Å². The summed E-state index contributed by atoms with van der Waals surface area (Å²) in [6.45, 7) is 9.22. The molecule has 12 heavy (non-hydrogen) atoms. The van der Waals surface area contributed by atoms with E-state index in [4.69, 9.17) is 10.8 Å². The Hall–Kier alpha value is -0.120. The zero-order chi connectivity index (χ0) is 9.61. The number of likely N-dealkylation sites (N-methyl/N-ethyl adjacent to an activating group) is 1. The van der Waals surface area contributed by atoms with Gasteiger partial charge in [0.1, 0.15) is 0 Å². The molecule has 0 aromatic carbocycles. The van der Waals surface area contributed by atoms with Crippen LogP contribution < -0.4 is 5.73 Å². The molecule has 0 saturated carbocycles. The van der Waals surface area contributed by atoms with Crippen molar-refractivity contribution in [2.24, 2.45) is 5.73 Å². The SMILES string of the molecule is CCN(CCCO)C(C)(C)CN. The lowest BCUT2D eigenvalue weighted by Crippen LogP contribution is -2.49. The first-order valence-electron chi connectivity index (χ1n) is 4.64. The van der Waals surface area contributed by atoms with Crippen molar-refractivity contribution in [2.75, 3.05) is 26.2 Å². The summed E-state index contributed by atoms with van der Waals surface area (Å²) in [6, 6.07) is 0. The standard InChI is InChI=1S/C9H22N2O/c1-4-11(6-5-7-12)9(2,3)8-10/h12H,4-8,10H2,1-3H3. The van der Waals surface area contributed by atoms with Gasteiger partial charge in [0.25, 0.3) is 0 Å². The van der Waals surface area contributed by atoms with E-state index >= 15 is 0 Å². The zero-order valence-corrected chi connectivity index (χ0v) is 8.51. The highest BCUT2D eigenvalue weighted by atomic mass is 16.3. The van der Waals surface area contributed by atoms with Crippen LogP contribution in [0.1, 0.15) is 27.2 Å². The second-order valence-electron chi connectivity index (χ2n) is 3.67. The molecule has 0 saturated heterocycles. The average molecular weight is 174 g/mol. The van der Waals surface area contributed by atoms with Gasteiger partial charge in [-0.3, -0.25) is 4.90 Å². The Labute approximate surface area is 75.6 Å². The van der Waals surface area contributed by atoms with E-state index in [9.17, 15) is 0 Å². The molecule has 0 aliphatic rings. The van der Waals surface area contributed by atoms with Gasteiger partial charge in [-0.1, -0.05) is 6.92 Å². The first-order chi connectivity index (χ1) is 5.58. The molecule has 3 N–H and O–H groups in total. The van der Waals surface area contributed by atoms with Crippen LogP contribution in [0.3, 0.4) is 0 Å². The van der Waals surface area contributed by atoms with E-state index in [0.717, 1.165) is 19.5 Å². The molecule has 3 nitrogen and oxygen atoms in total. The summed E-state index contributed by atoms with van der Waals surface area (Å²) in [5.74, 6) is 0. The molecule has 0 aromatic heterocycles. The van der Waals surface area contributed by atoms with E-state index in [0.29, 0.717) is 6.54 Å². The number of nitrogens with zero attached hydrogens (tertiary/aromatic N) is 1. The second-order valence-corrected chi connectivity index (χ2v) is 3.67. The number of hydrogen-bond donors (Lipinski definition) is 2. The fraction of sp³-hybridized carbons (Fsp3) is 1.00. The van der Waals surface area contributed by atoms with Gasteiger partial charge >= 0.3 is 0 Å². The molecule has 0 spiro atoms. The Bertz CT molecular complexity index is 115. The summed E-state index contributed by atoms with van der Waals surface area (Å²) in [6.07, 6.45) is 0.831. The molecule has 0 aliphatic carbocycles. The molecule has 0 aliphatic heterocycles. The van der Waals surface area contributed by atoms with Crippen molar-refractivity contribution in [3.8, 4) is 0 Å². The van der Waals surface area contributed by atoms with Crippen LogP contribution in [0.15, 0.2) is 0 Å². The van der Waals surface area contributed by atoms with Crippen LogP contribution >= 0.6 is 0 Å². The zero-order valence-electron chi connectivity index (χ0n) is 8.51. The maximum absolute atomic E-state index is 8.69. The largest absolute Gasteiger partial charge is 0.396 e. The number of rotatable bonds is 6. The molecular weight excluding hydrogens is 152 g/mol. The van der Waals surface area contributed by atoms with Crippen molar-refractivity contribution >= 4 is 0 Å². The Kier molecular flexibility index (Phi) is 5.46. The molecule has 0 atom stereocenters. The summed E-state index contributed by atoms with van der Waals surface area (Å²) in [5, 5.41) is 8.69. The summed E-state index contributed by atoms with van der Waals surface area (Å²) in [5.41, 5.74) is 5.71. The summed E-state index contributed by atoms with van der Waals surface area (Å²) < 4.78 is 0. The fourth-order valence-corrected chi connectivity index (χ4v) is 1.28. The third-order valence-corrected chi connectivity index (χ3v) is 2.32. The van der Waals surface area contributed by atoms with Gasteiger partial charge in [-0.15, -0.1) is 0 Å². The number of aliphatic hydroxyl groups excluding tert-OH is 1. The Morgan fingerprint density at radius 2 is 2.00 bits per heavy atom. The number of aliphatic hydroxyl groups is 1. The van der Waals surface area contributed by atoms with E-state index in [2.05, 4.69) is 25.7 Å². The summed E-state index contributed by atoms with van der Waals surface area (Å²) in [7, 11) is 0. The number of hydrogen-bond acceptors (Lipinski definition) is 3. The lowest BCUT2D eigenvalue weighted by Gasteiger charge is -2.36. The highest BCUT2D eigenvalue weighted by molar-refractivity contribution is 4.81. The molecule has 0 unspecified atom stereocenters. The molecule has 74 valence electrons. The lowest BCUT2D eigenvalue weighted by atomic mass is 10.0. The molecule has 0 rings (SSSR count). The van der Waals surface area contributed by atoms with Gasteiger partial charge in [-0.05, 0) is 26.8 Å². The van der Waals surface area contributed by atoms with E-state index in [1.807, 2.05) is 0 Å². The van der Waals surface area contributed by atoms with Crippen LogP contribution in [-0.2, 0) is 0 Å². The van der Waals surface area contributed by atoms with Crippen LogP contribution in [-0.4, -0.2) is 41.8 Å². The Morgan fingerprint density at radius 1 is 1.42 bits per heavy atom. The van der Waals surface area contributed by atoms with E-state index in [1.54, 1.807) is 0 Å². The molecule has 3 heteroatoms. The fourth-order valence-electron chi connectivity index (χ4n) is 1.28. The van der Waals surface area contributed by atoms with Crippen LogP contribution in [0.2, 0.25) is 0 Å². The molecule has 0 radical (unpaired) electrons. The monoisotopic (exact) mass is 174 g/mol. The quantitative estimate of drug-likeness (QED) is 0.614. The number of nitrogens with two attached hydrogens (primary N) is 1. The highest BCUT2D eigenvalue weighted by Gasteiger charge is 2.22. The predicted molar refractivity (Wildman–Crippen MR) is 52.1 cm³/mol. The molecule has 0 heterocycles.